The van der Waals surface area contributed by atoms with Crippen molar-refractivity contribution in [2.75, 3.05) is 0 Å². The number of pyridine rings is 1. The lowest BCUT2D eigenvalue weighted by Crippen LogP contribution is -2.06. The monoisotopic (exact) mass is 336 g/mol. The van der Waals surface area contributed by atoms with E-state index < -0.39 is 0 Å². The molecule has 5 nitrogen and oxygen atoms in total. The Morgan fingerprint density at radius 1 is 1.12 bits per heavy atom. The lowest BCUT2D eigenvalue weighted by Gasteiger charge is -2.03. The van der Waals surface area contributed by atoms with E-state index in [9.17, 15) is 4.79 Å². The van der Waals surface area contributed by atoms with Gasteiger partial charge in [-0.15, -0.1) is 0 Å². The van der Waals surface area contributed by atoms with Crippen LogP contribution in [0.4, 0.5) is 0 Å². The average Bonchev–Trinajstić information content (AvgIpc) is 3.10. The SMILES string of the molecule is Cc1ccc(-c2cnc(CCC(=O)OCc3ccccn3)o2)cc1C. The molecule has 0 saturated heterocycles. The minimum atomic E-state index is -0.295. The zero-order valence-electron chi connectivity index (χ0n) is 14.4. The maximum Gasteiger partial charge on any atom is 0.306 e. The van der Waals surface area contributed by atoms with Crippen molar-refractivity contribution in [3.05, 3.63) is 71.5 Å². The molecular weight excluding hydrogens is 316 g/mol. The molecule has 0 spiro atoms. The molecule has 1 aromatic carbocycles. The molecule has 0 fully saturated rings. The summed E-state index contributed by atoms with van der Waals surface area (Å²) in [5.74, 6) is 0.944. The molecule has 0 atom stereocenters. The first kappa shape index (κ1) is 16.9. The van der Waals surface area contributed by atoms with Crippen molar-refractivity contribution in [2.24, 2.45) is 0 Å². The third-order valence-corrected chi connectivity index (χ3v) is 4.00. The van der Waals surface area contributed by atoms with E-state index in [1.165, 1.54) is 11.1 Å². The van der Waals surface area contributed by atoms with Gasteiger partial charge in [0.2, 0.25) is 0 Å². The van der Waals surface area contributed by atoms with Gasteiger partial charge in [0.25, 0.3) is 0 Å². The van der Waals surface area contributed by atoms with E-state index in [1.54, 1.807) is 12.4 Å². The van der Waals surface area contributed by atoms with Gasteiger partial charge in [0.1, 0.15) is 6.61 Å². The highest BCUT2D eigenvalue weighted by Crippen LogP contribution is 2.23. The predicted molar refractivity (Wildman–Crippen MR) is 93.8 cm³/mol. The number of carbonyl (C=O) groups is 1. The number of aromatic nitrogens is 2. The minimum absolute atomic E-state index is 0.180. The first-order valence-electron chi connectivity index (χ1n) is 8.19. The lowest BCUT2D eigenvalue weighted by molar-refractivity contribution is -0.145. The summed E-state index contributed by atoms with van der Waals surface area (Å²) in [7, 11) is 0. The van der Waals surface area contributed by atoms with Gasteiger partial charge in [-0.25, -0.2) is 4.98 Å². The van der Waals surface area contributed by atoms with Crippen molar-refractivity contribution < 1.29 is 13.9 Å². The summed E-state index contributed by atoms with van der Waals surface area (Å²) < 4.78 is 10.9. The Morgan fingerprint density at radius 2 is 2.00 bits per heavy atom. The molecule has 5 heteroatoms. The predicted octanol–water partition coefficient (Wildman–Crippen LogP) is 4.03. The summed E-state index contributed by atoms with van der Waals surface area (Å²) in [5.41, 5.74) is 4.15. The van der Waals surface area contributed by atoms with E-state index in [2.05, 4.69) is 35.9 Å². The molecule has 0 amide bonds. The van der Waals surface area contributed by atoms with Crippen LogP contribution in [0.25, 0.3) is 11.3 Å². The molecule has 0 radical (unpaired) electrons. The smallest absolute Gasteiger partial charge is 0.306 e. The Kier molecular flexibility index (Phi) is 5.23. The Labute approximate surface area is 146 Å². The molecule has 0 N–H and O–H groups in total. The number of ether oxygens (including phenoxy) is 1. The lowest BCUT2D eigenvalue weighted by atomic mass is 10.1. The molecule has 0 aliphatic carbocycles. The number of nitrogens with zero attached hydrogens (tertiary/aromatic N) is 2. The summed E-state index contributed by atoms with van der Waals surface area (Å²) >= 11 is 0. The quantitative estimate of drug-likeness (QED) is 0.636. The summed E-state index contributed by atoms with van der Waals surface area (Å²) in [4.78, 5) is 20.2. The van der Waals surface area contributed by atoms with Crippen molar-refractivity contribution in [3.8, 4) is 11.3 Å². The molecule has 2 heterocycles. The van der Waals surface area contributed by atoms with Crippen molar-refractivity contribution in [2.45, 2.75) is 33.3 Å². The van der Waals surface area contributed by atoms with Crippen molar-refractivity contribution >= 4 is 5.97 Å². The topological polar surface area (TPSA) is 65.2 Å². The zero-order valence-corrected chi connectivity index (χ0v) is 14.4. The second kappa shape index (κ2) is 7.75. The molecule has 3 rings (SSSR count). The third kappa shape index (κ3) is 4.53. The number of benzene rings is 1. The molecule has 0 bridgehead atoms. The van der Waals surface area contributed by atoms with Crippen LogP contribution in [0.15, 0.2) is 53.2 Å². The van der Waals surface area contributed by atoms with Gasteiger partial charge in [0.05, 0.1) is 18.3 Å². The van der Waals surface area contributed by atoms with Crippen LogP contribution in [-0.2, 0) is 22.6 Å². The van der Waals surface area contributed by atoms with E-state index in [-0.39, 0.29) is 19.0 Å². The first-order chi connectivity index (χ1) is 12.1. The maximum absolute atomic E-state index is 11.8. The zero-order chi connectivity index (χ0) is 17.6. The molecule has 128 valence electrons. The summed E-state index contributed by atoms with van der Waals surface area (Å²) in [6.45, 7) is 4.31. The van der Waals surface area contributed by atoms with E-state index in [4.69, 9.17) is 9.15 Å². The number of aryl methyl sites for hydroxylation is 3. The van der Waals surface area contributed by atoms with E-state index in [0.717, 1.165) is 11.3 Å². The number of hydrogen-bond donors (Lipinski definition) is 0. The number of esters is 1. The second-order valence-corrected chi connectivity index (χ2v) is 5.90. The van der Waals surface area contributed by atoms with Crippen LogP contribution in [0.1, 0.15) is 29.1 Å². The van der Waals surface area contributed by atoms with E-state index >= 15 is 0 Å². The van der Waals surface area contributed by atoms with E-state index in [1.807, 2.05) is 24.3 Å². The Balaban J connectivity index is 1.53. The summed E-state index contributed by atoms with van der Waals surface area (Å²) in [6, 6.07) is 11.6. The van der Waals surface area contributed by atoms with Gasteiger partial charge in [-0.3, -0.25) is 9.78 Å². The van der Waals surface area contributed by atoms with Crippen LogP contribution < -0.4 is 0 Å². The van der Waals surface area contributed by atoms with Crippen molar-refractivity contribution in [3.63, 3.8) is 0 Å². The standard InChI is InChI=1S/C20H20N2O3/c1-14-6-7-16(11-15(14)2)18-12-22-19(25-18)8-9-20(23)24-13-17-5-3-4-10-21-17/h3-7,10-12H,8-9,13H2,1-2H3. The van der Waals surface area contributed by atoms with Crippen LogP contribution in [-0.4, -0.2) is 15.9 Å². The fourth-order valence-electron chi connectivity index (χ4n) is 2.37. The minimum Gasteiger partial charge on any atom is -0.459 e. The van der Waals surface area contributed by atoms with Crippen LogP contribution >= 0.6 is 0 Å². The normalized spacial score (nSPS) is 10.6. The molecule has 2 aromatic heterocycles. The highest BCUT2D eigenvalue weighted by molar-refractivity contribution is 5.69. The van der Waals surface area contributed by atoms with Crippen LogP contribution in [0, 0.1) is 13.8 Å². The van der Waals surface area contributed by atoms with Crippen molar-refractivity contribution in [1.29, 1.82) is 0 Å². The molecule has 0 unspecified atom stereocenters. The van der Waals surface area contributed by atoms with Crippen LogP contribution in [0.2, 0.25) is 0 Å². The number of hydrogen-bond acceptors (Lipinski definition) is 5. The Bertz CT molecular complexity index is 856. The molecule has 25 heavy (non-hydrogen) atoms. The highest BCUT2D eigenvalue weighted by Gasteiger charge is 2.10. The average molecular weight is 336 g/mol. The first-order valence-corrected chi connectivity index (χ1v) is 8.19. The van der Waals surface area contributed by atoms with Gasteiger partial charge < -0.3 is 9.15 Å². The van der Waals surface area contributed by atoms with Gasteiger partial charge >= 0.3 is 5.97 Å². The van der Waals surface area contributed by atoms with Crippen LogP contribution in [0.3, 0.4) is 0 Å². The molecular formula is C20H20N2O3. The molecule has 0 saturated carbocycles. The summed E-state index contributed by atoms with van der Waals surface area (Å²) in [5, 5.41) is 0. The molecule has 3 aromatic rings. The van der Waals surface area contributed by atoms with Gasteiger partial charge in [-0.1, -0.05) is 18.2 Å². The second-order valence-electron chi connectivity index (χ2n) is 5.90. The van der Waals surface area contributed by atoms with Crippen molar-refractivity contribution in [1.82, 2.24) is 9.97 Å². The van der Waals surface area contributed by atoms with Gasteiger partial charge in [-0.05, 0) is 43.2 Å². The maximum atomic E-state index is 11.8. The number of carbonyl (C=O) groups excluding carboxylic acids is 1. The van der Waals surface area contributed by atoms with Gasteiger partial charge in [0, 0.05) is 18.2 Å². The Hall–Kier alpha value is -2.95. The summed E-state index contributed by atoms with van der Waals surface area (Å²) in [6.07, 6.45) is 3.99. The highest BCUT2D eigenvalue weighted by atomic mass is 16.5. The molecule has 0 aliphatic rings. The van der Waals surface area contributed by atoms with E-state index in [0.29, 0.717) is 18.1 Å². The third-order valence-electron chi connectivity index (χ3n) is 4.00. The number of rotatable bonds is 6. The fraction of sp³-hybridized carbons (Fsp3) is 0.250. The van der Waals surface area contributed by atoms with Gasteiger partial charge in [-0.2, -0.15) is 0 Å². The molecule has 0 aliphatic heterocycles. The van der Waals surface area contributed by atoms with Gasteiger partial charge in [0.15, 0.2) is 11.7 Å². The fourth-order valence-corrected chi connectivity index (χ4v) is 2.37. The number of oxazole rings is 1. The largest absolute Gasteiger partial charge is 0.459 e. The van der Waals surface area contributed by atoms with Crippen LogP contribution in [0.5, 0.6) is 0 Å². The Morgan fingerprint density at radius 3 is 2.76 bits per heavy atom.